The minimum absolute atomic E-state index is 0.000662. The summed E-state index contributed by atoms with van der Waals surface area (Å²) in [5.41, 5.74) is 2.10. The van der Waals surface area contributed by atoms with E-state index in [0.717, 1.165) is 5.69 Å². The number of amides is 3. The van der Waals surface area contributed by atoms with Gasteiger partial charge in [-0.2, -0.15) is 0 Å². The Morgan fingerprint density at radius 1 is 1.17 bits per heavy atom. The van der Waals surface area contributed by atoms with Gasteiger partial charge in [-0.1, -0.05) is 19.9 Å². The number of pyridine rings is 2. The van der Waals surface area contributed by atoms with Crippen LogP contribution in [0.3, 0.4) is 0 Å². The molecule has 0 saturated carbocycles. The largest absolute Gasteiger partial charge is 0.436 e. The number of nitrogens with zero attached hydrogens (tertiary/aromatic N) is 4. The van der Waals surface area contributed by atoms with Crippen LogP contribution in [0, 0.1) is 18.7 Å². The van der Waals surface area contributed by atoms with E-state index in [2.05, 4.69) is 29.1 Å². The maximum absolute atomic E-state index is 14.6. The van der Waals surface area contributed by atoms with Gasteiger partial charge >= 0.3 is 6.09 Å². The summed E-state index contributed by atoms with van der Waals surface area (Å²) >= 11 is 0. The number of rotatable bonds is 11. The fourth-order valence-corrected chi connectivity index (χ4v) is 4.22. The fraction of sp³-hybridized carbons (Fsp3) is 0.433. The first-order valence-corrected chi connectivity index (χ1v) is 13.7. The Balaban J connectivity index is 1.85. The van der Waals surface area contributed by atoms with Crippen LogP contribution in [0.5, 0.6) is 0 Å². The number of anilines is 1. The van der Waals surface area contributed by atoms with Gasteiger partial charge in [0.1, 0.15) is 5.69 Å². The van der Waals surface area contributed by atoms with Crippen LogP contribution in [-0.4, -0.2) is 76.5 Å². The number of likely N-dealkylation sites (N-methyl/N-ethyl adjacent to an activating group) is 1. The molecule has 0 aliphatic rings. The van der Waals surface area contributed by atoms with Crippen molar-refractivity contribution in [2.45, 2.75) is 52.7 Å². The van der Waals surface area contributed by atoms with Crippen LogP contribution in [0.2, 0.25) is 0 Å². The third-order valence-corrected chi connectivity index (χ3v) is 6.53. The smallest absolute Gasteiger partial charge is 0.410 e. The van der Waals surface area contributed by atoms with E-state index in [1.54, 1.807) is 39.2 Å². The summed E-state index contributed by atoms with van der Waals surface area (Å²) in [4.78, 5) is 60.7. The molecule has 0 spiro atoms. The van der Waals surface area contributed by atoms with E-state index in [-0.39, 0.29) is 31.0 Å². The zero-order valence-corrected chi connectivity index (χ0v) is 25.2. The van der Waals surface area contributed by atoms with Gasteiger partial charge in [0, 0.05) is 45.0 Å². The van der Waals surface area contributed by atoms with Crippen molar-refractivity contribution in [3.05, 3.63) is 69.8 Å². The second-order valence-electron chi connectivity index (χ2n) is 11.0. The van der Waals surface area contributed by atoms with Gasteiger partial charge in [-0.05, 0) is 56.4 Å². The first kappa shape index (κ1) is 32.0. The highest BCUT2D eigenvalue weighted by Gasteiger charge is 2.25. The summed E-state index contributed by atoms with van der Waals surface area (Å²) in [6, 6.07) is 4.84. The standard InChI is InChI=1S/C30H39FN6O5/c1-18(2)14-24-27-21(22(31)16-32-24)15-20(33-27)17-37-19(3)12-13-23(29(37)40)34-28(39)25(42-30(41)36(6)7)10-8-9-11-26(38)35(4)5/h9,11-13,15-16,18,25,33H,8,10,14,17H2,1-7H3,(H,34,39)/b11-9+/t25-/m0/s1. The quantitative estimate of drug-likeness (QED) is 0.331. The number of nitrogens with one attached hydrogen (secondary N) is 2. The number of halogens is 1. The van der Waals surface area contributed by atoms with Crippen LogP contribution in [0.25, 0.3) is 10.9 Å². The number of aromatic amines is 1. The molecule has 3 rings (SSSR count). The molecule has 11 nitrogen and oxygen atoms in total. The minimum Gasteiger partial charge on any atom is -0.436 e. The molecule has 0 bridgehead atoms. The molecule has 3 amide bonds. The highest BCUT2D eigenvalue weighted by atomic mass is 19.1. The molecule has 3 aromatic heterocycles. The van der Waals surface area contributed by atoms with Gasteiger partial charge in [-0.3, -0.25) is 19.4 Å². The topological polar surface area (TPSA) is 130 Å². The number of hydrogen-bond acceptors (Lipinski definition) is 6. The molecule has 0 aliphatic carbocycles. The van der Waals surface area contributed by atoms with E-state index in [1.165, 1.54) is 46.8 Å². The summed E-state index contributed by atoms with van der Waals surface area (Å²) in [6.45, 7) is 5.97. The predicted octanol–water partition coefficient (Wildman–Crippen LogP) is 3.85. The number of carbonyl (C=O) groups is 3. The van der Waals surface area contributed by atoms with Gasteiger partial charge in [0.25, 0.3) is 11.5 Å². The maximum Gasteiger partial charge on any atom is 0.410 e. The highest BCUT2D eigenvalue weighted by molar-refractivity contribution is 5.95. The molecule has 0 aromatic carbocycles. The number of aromatic nitrogens is 3. The van der Waals surface area contributed by atoms with Crippen LogP contribution in [0.1, 0.15) is 43.8 Å². The molecule has 0 unspecified atom stereocenters. The Bertz CT molecular complexity index is 1540. The van der Waals surface area contributed by atoms with Crippen molar-refractivity contribution in [3.8, 4) is 0 Å². The normalized spacial score (nSPS) is 12.1. The van der Waals surface area contributed by atoms with Gasteiger partial charge in [-0.15, -0.1) is 0 Å². The van der Waals surface area contributed by atoms with Crippen molar-refractivity contribution in [2.24, 2.45) is 5.92 Å². The summed E-state index contributed by atoms with van der Waals surface area (Å²) in [7, 11) is 6.22. The van der Waals surface area contributed by atoms with Crippen LogP contribution >= 0.6 is 0 Å². The first-order chi connectivity index (χ1) is 19.8. The Morgan fingerprint density at radius 3 is 2.52 bits per heavy atom. The number of hydrogen-bond donors (Lipinski definition) is 2. The van der Waals surface area contributed by atoms with E-state index in [0.29, 0.717) is 34.6 Å². The molecule has 0 radical (unpaired) electrons. The second-order valence-corrected chi connectivity index (χ2v) is 11.0. The summed E-state index contributed by atoms with van der Waals surface area (Å²) in [5, 5.41) is 3.00. The lowest BCUT2D eigenvalue weighted by molar-refractivity contribution is -0.125. The van der Waals surface area contributed by atoms with Crippen molar-refractivity contribution < 1.29 is 23.5 Å². The third-order valence-electron chi connectivity index (χ3n) is 6.53. The maximum atomic E-state index is 14.6. The van der Waals surface area contributed by atoms with E-state index in [9.17, 15) is 23.6 Å². The molecule has 1 atom stereocenters. The van der Waals surface area contributed by atoms with Crippen LogP contribution in [0.4, 0.5) is 14.9 Å². The number of fused-ring (bicyclic) bond motifs is 1. The van der Waals surface area contributed by atoms with Crippen molar-refractivity contribution >= 4 is 34.5 Å². The number of aryl methyl sites for hydroxylation is 1. The lowest BCUT2D eigenvalue weighted by Crippen LogP contribution is -2.38. The van der Waals surface area contributed by atoms with Crippen LogP contribution < -0.4 is 10.9 Å². The molecule has 2 N–H and O–H groups in total. The number of allylic oxidation sites excluding steroid dienone is 1. The van der Waals surface area contributed by atoms with E-state index in [1.807, 2.05) is 0 Å². The average Bonchev–Trinajstić information content (AvgIpc) is 3.36. The molecular formula is C30H39FN6O5. The van der Waals surface area contributed by atoms with E-state index >= 15 is 0 Å². The molecule has 42 heavy (non-hydrogen) atoms. The van der Waals surface area contributed by atoms with Gasteiger partial charge in [0.2, 0.25) is 5.91 Å². The first-order valence-electron chi connectivity index (χ1n) is 13.7. The Labute approximate surface area is 244 Å². The third kappa shape index (κ3) is 8.05. The van der Waals surface area contributed by atoms with E-state index in [4.69, 9.17) is 4.74 Å². The number of carbonyl (C=O) groups excluding carboxylic acids is 3. The molecule has 0 aliphatic heterocycles. The molecule has 3 aromatic rings. The Kier molecular flexibility index (Phi) is 10.6. The summed E-state index contributed by atoms with van der Waals surface area (Å²) in [5.74, 6) is -1.03. The van der Waals surface area contributed by atoms with Crippen molar-refractivity contribution in [1.82, 2.24) is 24.3 Å². The molecular weight excluding hydrogens is 543 g/mol. The van der Waals surface area contributed by atoms with Crippen molar-refractivity contribution in [2.75, 3.05) is 33.5 Å². The summed E-state index contributed by atoms with van der Waals surface area (Å²) < 4.78 is 21.4. The highest BCUT2D eigenvalue weighted by Crippen LogP contribution is 2.23. The van der Waals surface area contributed by atoms with Crippen molar-refractivity contribution in [1.29, 1.82) is 0 Å². The Hall–Kier alpha value is -4.48. The fourth-order valence-electron chi connectivity index (χ4n) is 4.22. The minimum atomic E-state index is -1.21. The molecule has 0 fully saturated rings. The molecule has 0 saturated heterocycles. The number of H-pyrrole nitrogens is 1. The van der Waals surface area contributed by atoms with Gasteiger partial charge in [0.05, 0.1) is 24.0 Å². The van der Waals surface area contributed by atoms with Gasteiger partial charge in [0.15, 0.2) is 11.9 Å². The van der Waals surface area contributed by atoms with Crippen LogP contribution in [-0.2, 0) is 27.3 Å². The lowest BCUT2D eigenvalue weighted by atomic mass is 10.1. The SMILES string of the molecule is Cc1ccc(NC(=O)[C@H](CC/C=C/C(=O)N(C)C)OC(=O)N(C)C)c(=O)n1Cc1cc2c(F)cnc(CC(C)C)c2[nH]1. The van der Waals surface area contributed by atoms with Crippen molar-refractivity contribution in [3.63, 3.8) is 0 Å². The lowest BCUT2D eigenvalue weighted by Gasteiger charge is -2.20. The monoisotopic (exact) mass is 582 g/mol. The van der Waals surface area contributed by atoms with Gasteiger partial charge in [-0.25, -0.2) is 9.18 Å². The van der Waals surface area contributed by atoms with Crippen LogP contribution in [0.15, 0.2) is 41.3 Å². The zero-order valence-electron chi connectivity index (χ0n) is 25.2. The molecule has 3 heterocycles. The van der Waals surface area contributed by atoms with E-state index < -0.39 is 29.5 Å². The van der Waals surface area contributed by atoms with Gasteiger partial charge < -0.3 is 29.4 Å². The molecule has 12 heteroatoms. The molecule has 226 valence electrons. The Morgan fingerprint density at radius 2 is 1.88 bits per heavy atom. The predicted molar refractivity (Wildman–Crippen MR) is 159 cm³/mol. The second kappa shape index (κ2) is 13.9. The summed E-state index contributed by atoms with van der Waals surface area (Å²) in [6.07, 6.45) is 3.28. The average molecular weight is 583 g/mol. The zero-order chi connectivity index (χ0) is 31.1. The number of ether oxygens (including phenoxy) is 1.